The standard InChI is InChI=1S/C9H8ClNO/c1-2-3-6-12-9-5-4-8(10)7-11-9/h1,4-5,7H,3,6H2. The van der Waals surface area contributed by atoms with Crippen molar-refractivity contribution in [1.29, 1.82) is 0 Å². The molecule has 0 amide bonds. The van der Waals surface area contributed by atoms with Crippen LogP contribution in [0.15, 0.2) is 18.3 Å². The van der Waals surface area contributed by atoms with Crippen LogP contribution in [0, 0.1) is 12.3 Å². The predicted molar refractivity (Wildman–Crippen MR) is 48.2 cm³/mol. The zero-order chi connectivity index (χ0) is 8.81. The van der Waals surface area contributed by atoms with E-state index in [1.807, 2.05) is 0 Å². The first-order valence-corrected chi connectivity index (χ1v) is 3.88. The highest BCUT2D eigenvalue weighted by molar-refractivity contribution is 6.30. The fourth-order valence-electron chi connectivity index (χ4n) is 0.662. The van der Waals surface area contributed by atoms with E-state index >= 15 is 0 Å². The number of ether oxygens (including phenoxy) is 1. The quantitative estimate of drug-likeness (QED) is 0.527. The Balaban J connectivity index is 2.43. The van der Waals surface area contributed by atoms with E-state index in [0.29, 0.717) is 23.9 Å². The van der Waals surface area contributed by atoms with Crippen molar-refractivity contribution in [1.82, 2.24) is 4.98 Å². The maximum absolute atomic E-state index is 5.62. The Kier molecular flexibility index (Phi) is 3.43. The van der Waals surface area contributed by atoms with Crippen molar-refractivity contribution >= 4 is 11.6 Å². The molecule has 2 nitrogen and oxygen atoms in total. The van der Waals surface area contributed by atoms with E-state index in [1.54, 1.807) is 12.1 Å². The second kappa shape index (κ2) is 4.63. The molecule has 3 heteroatoms. The summed E-state index contributed by atoms with van der Waals surface area (Å²) in [5.41, 5.74) is 0. The van der Waals surface area contributed by atoms with Gasteiger partial charge in [0.1, 0.15) is 6.61 Å². The second-order valence-electron chi connectivity index (χ2n) is 2.12. The first-order valence-electron chi connectivity index (χ1n) is 3.51. The van der Waals surface area contributed by atoms with Crippen molar-refractivity contribution in [3.8, 4) is 18.2 Å². The highest BCUT2D eigenvalue weighted by Crippen LogP contribution is 2.11. The lowest BCUT2D eigenvalue weighted by atomic mass is 10.4. The number of nitrogens with zero attached hydrogens (tertiary/aromatic N) is 1. The Labute approximate surface area is 76.5 Å². The average Bonchev–Trinajstić information content (AvgIpc) is 2.09. The van der Waals surface area contributed by atoms with E-state index in [2.05, 4.69) is 10.9 Å². The van der Waals surface area contributed by atoms with Gasteiger partial charge < -0.3 is 4.74 Å². The lowest BCUT2D eigenvalue weighted by molar-refractivity contribution is 0.314. The first kappa shape index (κ1) is 8.89. The minimum absolute atomic E-state index is 0.491. The van der Waals surface area contributed by atoms with Gasteiger partial charge in [-0.15, -0.1) is 12.3 Å². The molecule has 12 heavy (non-hydrogen) atoms. The zero-order valence-electron chi connectivity index (χ0n) is 6.46. The zero-order valence-corrected chi connectivity index (χ0v) is 7.21. The van der Waals surface area contributed by atoms with Crippen LogP contribution in [0.3, 0.4) is 0 Å². The molecule has 0 atom stereocenters. The summed E-state index contributed by atoms with van der Waals surface area (Å²) < 4.78 is 5.19. The summed E-state index contributed by atoms with van der Waals surface area (Å²) in [6.07, 6.45) is 7.17. The summed E-state index contributed by atoms with van der Waals surface area (Å²) >= 11 is 5.62. The topological polar surface area (TPSA) is 22.1 Å². The van der Waals surface area contributed by atoms with Gasteiger partial charge in [-0.1, -0.05) is 11.6 Å². The third-order valence-electron chi connectivity index (χ3n) is 1.20. The smallest absolute Gasteiger partial charge is 0.213 e. The molecule has 0 saturated carbocycles. The summed E-state index contributed by atoms with van der Waals surface area (Å²) in [5, 5.41) is 0.597. The largest absolute Gasteiger partial charge is 0.477 e. The molecule has 1 rings (SSSR count). The molecule has 1 heterocycles. The van der Waals surface area contributed by atoms with Gasteiger partial charge in [-0.05, 0) is 6.07 Å². The molecule has 0 unspecified atom stereocenters. The van der Waals surface area contributed by atoms with Crippen LogP contribution in [0.25, 0.3) is 0 Å². The second-order valence-corrected chi connectivity index (χ2v) is 2.55. The lowest BCUT2D eigenvalue weighted by Crippen LogP contribution is -1.96. The molecule has 1 aromatic heterocycles. The summed E-state index contributed by atoms with van der Waals surface area (Å²) in [6.45, 7) is 0.491. The molecule has 0 radical (unpaired) electrons. The Hall–Kier alpha value is -1.20. The lowest BCUT2D eigenvalue weighted by Gasteiger charge is -2.01. The summed E-state index contributed by atoms with van der Waals surface area (Å²) in [5.74, 6) is 3.02. The molecular weight excluding hydrogens is 174 g/mol. The number of terminal acetylenes is 1. The van der Waals surface area contributed by atoms with Gasteiger partial charge in [-0.2, -0.15) is 0 Å². The molecule has 0 bridgehead atoms. The monoisotopic (exact) mass is 181 g/mol. The normalized spacial score (nSPS) is 9.00. The van der Waals surface area contributed by atoms with Crippen LogP contribution in [0.4, 0.5) is 0 Å². The van der Waals surface area contributed by atoms with Gasteiger partial charge in [0, 0.05) is 18.7 Å². The van der Waals surface area contributed by atoms with E-state index in [-0.39, 0.29) is 0 Å². The SMILES string of the molecule is C#CCCOc1ccc(Cl)cn1. The van der Waals surface area contributed by atoms with Gasteiger partial charge in [-0.3, -0.25) is 0 Å². The number of pyridine rings is 1. The minimum atomic E-state index is 0.491. The van der Waals surface area contributed by atoms with E-state index < -0.39 is 0 Å². The molecule has 0 aliphatic rings. The van der Waals surface area contributed by atoms with Crippen molar-refractivity contribution in [2.45, 2.75) is 6.42 Å². The summed E-state index contributed by atoms with van der Waals surface area (Å²) in [6, 6.07) is 3.43. The predicted octanol–water partition coefficient (Wildman–Crippen LogP) is 2.14. The van der Waals surface area contributed by atoms with Gasteiger partial charge in [0.05, 0.1) is 5.02 Å². The molecule has 1 aromatic rings. The highest BCUT2D eigenvalue weighted by atomic mass is 35.5. The third-order valence-corrected chi connectivity index (χ3v) is 1.42. The van der Waals surface area contributed by atoms with Crippen molar-refractivity contribution in [2.24, 2.45) is 0 Å². The van der Waals surface area contributed by atoms with Crippen LogP contribution >= 0.6 is 11.6 Å². The van der Waals surface area contributed by atoms with Crippen LogP contribution in [-0.2, 0) is 0 Å². The van der Waals surface area contributed by atoms with Crippen molar-refractivity contribution in [3.05, 3.63) is 23.4 Å². The summed E-state index contributed by atoms with van der Waals surface area (Å²) in [4.78, 5) is 3.93. The van der Waals surface area contributed by atoms with Crippen molar-refractivity contribution < 1.29 is 4.74 Å². The Morgan fingerprint density at radius 1 is 1.58 bits per heavy atom. The maximum Gasteiger partial charge on any atom is 0.213 e. The minimum Gasteiger partial charge on any atom is -0.477 e. The number of rotatable bonds is 3. The Bertz CT molecular complexity index is 276. The van der Waals surface area contributed by atoms with Gasteiger partial charge in [0.2, 0.25) is 5.88 Å². The van der Waals surface area contributed by atoms with Crippen LogP contribution in [0.2, 0.25) is 5.02 Å². The van der Waals surface area contributed by atoms with Gasteiger partial charge in [-0.25, -0.2) is 4.98 Å². The Morgan fingerprint density at radius 3 is 3.00 bits per heavy atom. The van der Waals surface area contributed by atoms with E-state index in [0.717, 1.165) is 0 Å². The molecule has 0 aliphatic carbocycles. The summed E-state index contributed by atoms with van der Waals surface area (Å²) in [7, 11) is 0. The van der Waals surface area contributed by atoms with Gasteiger partial charge in [0.15, 0.2) is 0 Å². The third kappa shape index (κ3) is 2.81. The molecule has 62 valence electrons. The van der Waals surface area contributed by atoms with Crippen LogP contribution < -0.4 is 4.74 Å². The number of hydrogen-bond donors (Lipinski definition) is 0. The fraction of sp³-hybridized carbons (Fsp3) is 0.222. The van der Waals surface area contributed by atoms with E-state index in [1.165, 1.54) is 6.20 Å². The van der Waals surface area contributed by atoms with Crippen LogP contribution in [0.1, 0.15) is 6.42 Å². The number of hydrogen-bond acceptors (Lipinski definition) is 2. The first-order chi connectivity index (χ1) is 5.83. The average molecular weight is 182 g/mol. The van der Waals surface area contributed by atoms with E-state index in [9.17, 15) is 0 Å². The highest BCUT2D eigenvalue weighted by Gasteiger charge is 1.93. The van der Waals surface area contributed by atoms with E-state index in [4.69, 9.17) is 22.8 Å². The maximum atomic E-state index is 5.62. The molecule has 0 saturated heterocycles. The molecule has 0 spiro atoms. The molecule has 0 fully saturated rings. The van der Waals surface area contributed by atoms with Gasteiger partial charge in [0.25, 0.3) is 0 Å². The number of aromatic nitrogens is 1. The van der Waals surface area contributed by atoms with Crippen molar-refractivity contribution in [2.75, 3.05) is 6.61 Å². The Morgan fingerprint density at radius 2 is 2.42 bits per heavy atom. The molecule has 0 N–H and O–H groups in total. The van der Waals surface area contributed by atoms with Crippen LogP contribution in [0.5, 0.6) is 5.88 Å². The molecule has 0 aliphatic heterocycles. The number of halogens is 1. The van der Waals surface area contributed by atoms with Crippen LogP contribution in [-0.4, -0.2) is 11.6 Å². The van der Waals surface area contributed by atoms with Crippen molar-refractivity contribution in [3.63, 3.8) is 0 Å². The molecular formula is C9H8ClNO. The fourth-order valence-corrected chi connectivity index (χ4v) is 0.774. The van der Waals surface area contributed by atoms with Gasteiger partial charge >= 0.3 is 0 Å². The molecule has 0 aromatic carbocycles.